The third-order valence-electron chi connectivity index (χ3n) is 30.1. The lowest BCUT2D eigenvalue weighted by atomic mass is 9.70. The van der Waals surface area contributed by atoms with E-state index in [4.69, 9.17) is 15.0 Å². The number of rotatable bonds is 19. The van der Waals surface area contributed by atoms with E-state index in [9.17, 15) is 0 Å². The zero-order chi connectivity index (χ0) is 106. The maximum absolute atomic E-state index is 4.87. The molecule has 2 aliphatic carbocycles. The Kier molecular flexibility index (Phi) is 37.4. The van der Waals surface area contributed by atoms with Crippen molar-refractivity contribution in [3.63, 3.8) is 0 Å². The van der Waals surface area contributed by atoms with Crippen molar-refractivity contribution in [1.82, 2.24) is 15.0 Å². The van der Waals surface area contributed by atoms with Gasteiger partial charge >= 0.3 is 11.3 Å². The first-order chi connectivity index (χ1) is 71.9. The Morgan fingerprint density at radius 1 is 0.315 bits per heavy atom. The summed E-state index contributed by atoms with van der Waals surface area (Å²) in [5.41, 5.74) is 37.5. The van der Waals surface area contributed by atoms with Gasteiger partial charge in [0, 0.05) is 69.3 Å². The second-order valence-corrected chi connectivity index (χ2v) is 42.4. The second-order valence-electron chi connectivity index (χ2n) is 42.4. The number of nitrogens with zero attached hydrogens (tertiary/aromatic N) is 7. The Bertz CT molecular complexity index is 7160. The molecule has 22 rings (SSSR count). The minimum Gasteiger partial charge on any atom is -0.208 e. The molecule has 7 nitrogen and oxygen atoms in total. The van der Waals surface area contributed by atoms with Gasteiger partial charge in [-0.15, -0.1) is 24.8 Å². The van der Waals surface area contributed by atoms with Gasteiger partial charge in [-0.2, -0.15) is 0 Å². The van der Waals surface area contributed by atoms with Crippen LogP contribution in [0.3, 0.4) is 0 Å². The number of pyridine rings is 4. The number of fused-ring (bicyclic) bond motifs is 10. The first kappa shape index (κ1) is 110. The molecular formula is C142H159N7+4. The predicted octanol–water partition coefficient (Wildman–Crippen LogP) is 36.7. The van der Waals surface area contributed by atoms with Gasteiger partial charge in [-0.05, 0) is 255 Å². The van der Waals surface area contributed by atoms with Crippen LogP contribution in [0, 0.1) is 10.8 Å². The fourth-order valence-corrected chi connectivity index (χ4v) is 21.1. The average molecular weight is 1960 g/mol. The number of aromatic nitrogens is 7. The van der Waals surface area contributed by atoms with E-state index in [1.807, 2.05) is 31.2 Å². The summed E-state index contributed by atoms with van der Waals surface area (Å²) in [5.74, 6) is 1.94. The number of hydrogen-bond acceptors (Lipinski definition) is 3. The molecule has 0 amide bonds. The standard InChI is InChI=1S/C33H33N3.C29H20N2.C25H20N2.C15H20.C11H20.C10H12.C8H10.C6H14.C5H10/c1-7-22(4)25-10-16-28(17-11-25)31-34-32(29-18-12-26(13-19-29)23(5)8-2)36-33(35-31)30-20-14-27(15-21-30)24(6)9-3;1-5-19-11-13-21-9-3-15-30-27(21)25(19)23(7-1)17-29(30)18-24-8-2-6-20-12-14-22-10-4-16-31(29)28(22)26(20)24;1-3-11-21-19(9-1)17-25(26-15-7-5-13-23(21)26)18-20-10-2-4-12-22(20)24-14-6-8-16-27(24)25;1-11-5-12(2)8-15(7-11)9-13(3)6-14(4)10-15;1-5-10(3)8-7-9-11(4)6-2;1-3-9(2)10-7-5-4-6-8-10;1-2-8-6-4-3-5-7-8;1-5-6(2,3)4;1-4-5(2)3/h10-21H,4-9H2,1-3H3;1-16H,17-18H2;1-16H,17-18H2;5-7,9H,8,10H2,1-4H3;3-9H2,1-2H3;4-8H,2-3H2,1H3;3-7H,2H2,1H3;5H2,1-4H3;2,4H2,1,3H3/q;2*+2;;;;;;. The Hall–Kier alpha value is -14.8. The summed E-state index contributed by atoms with van der Waals surface area (Å²) in [7, 11) is 0. The molecule has 0 radical (unpaired) electrons. The lowest BCUT2D eigenvalue weighted by Crippen LogP contribution is -2.78. The Morgan fingerprint density at radius 3 is 0.973 bits per heavy atom. The van der Waals surface area contributed by atoms with Crippen molar-refractivity contribution >= 4 is 65.6 Å². The minimum atomic E-state index is -0.190. The quantitative estimate of drug-likeness (QED) is 0.0461. The summed E-state index contributed by atoms with van der Waals surface area (Å²) in [6.07, 6.45) is 38.1. The number of hydrogen-bond donors (Lipinski definition) is 0. The first-order valence-corrected chi connectivity index (χ1v) is 54.4. The van der Waals surface area contributed by atoms with Crippen molar-refractivity contribution < 1.29 is 18.3 Å². The highest BCUT2D eigenvalue weighted by Crippen LogP contribution is 2.46. The molecule has 3 spiro atoms. The summed E-state index contributed by atoms with van der Waals surface area (Å²) >= 11 is 0. The van der Waals surface area contributed by atoms with Crippen LogP contribution in [0.25, 0.3) is 122 Å². The monoisotopic (exact) mass is 1960 g/mol. The van der Waals surface area contributed by atoms with Crippen molar-refractivity contribution in [2.75, 3.05) is 0 Å². The molecule has 0 bridgehead atoms. The van der Waals surface area contributed by atoms with Crippen LogP contribution in [0.4, 0.5) is 0 Å². The topological polar surface area (TPSA) is 54.2 Å². The third kappa shape index (κ3) is 26.5. The van der Waals surface area contributed by atoms with Gasteiger partial charge in [0.15, 0.2) is 42.3 Å². The summed E-state index contributed by atoms with van der Waals surface area (Å²) in [6.45, 7) is 64.9. The molecule has 5 aromatic heterocycles. The molecule has 6 aliphatic rings. The fraction of sp³-hybridized carbons (Fsp3) is 0.275. The predicted molar refractivity (Wildman–Crippen MR) is 639 cm³/mol. The number of allylic oxidation sites excluding steroid dienone is 15. The van der Waals surface area contributed by atoms with Crippen LogP contribution in [0.15, 0.2) is 437 Å². The Balaban J connectivity index is 0.000000142. The van der Waals surface area contributed by atoms with Crippen LogP contribution in [-0.4, -0.2) is 15.0 Å². The molecule has 7 heteroatoms. The molecule has 4 aliphatic heterocycles. The highest BCUT2D eigenvalue weighted by molar-refractivity contribution is 6.07. The molecule has 9 heterocycles. The smallest absolute Gasteiger partial charge is 0.208 e. The van der Waals surface area contributed by atoms with Gasteiger partial charge in [-0.1, -0.05) is 411 Å². The molecule has 0 saturated heterocycles. The van der Waals surface area contributed by atoms with Crippen LogP contribution in [0.1, 0.15) is 251 Å². The first-order valence-electron chi connectivity index (χ1n) is 54.4. The van der Waals surface area contributed by atoms with E-state index in [1.54, 1.807) is 0 Å². The summed E-state index contributed by atoms with van der Waals surface area (Å²) in [4.78, 5) is 14.6. The zero-order valence-electron chi connectivity index (χ0n) is 92.3. The maximum atomic E-state index is 4.87. The van der Waals surface area contributed by atoms with Crippen molar-refractivity contribution in [2.45, 2.75) is 245 Å². The highest BCUT2D eigenvalue weighted by Gasteiger charge is 2.59. The van der Waals surface area contributed by atoms with Crippen molar-refractivity contribution in [3.05, 3.63) is 488 Å². The van der Waals surface area contributed by atoms with Gasteiger partial charge in [0.2, 0.25) is 22.4 Å². The average Bonchev–Trinajstić information content (AvgIpc) is 0.677. The van der Waals surface area contributed by atoms with Crippen molar-refractivity contribution in [3.8, 4) is 56.7 Å². The Morgan fingerprint density at radius 2 is 0.631 bits per heavy atom. The molecule has 758 valence electrons. The number of benzene rings is 11. The maximum Gasteiger partial charge on any atom is 0.370 e. The van der Waals surface area contributed by atoms with Gasteiger partial charge in [0.05, 0.1) is 21.9 Å². The van der Waals surface area contributed by atoms with Crippen molar-refractivity contribution in [2.24, 2.45) is 10.8 Å². The van der Waals surface area contributed by atoms with Gasteiger partial charge in [-0.3, -0.25) is 0 Å². The van der Waals surface area contributed by atoms with Crippen LogP contribution in [0.2, 0.25) is 0 Å². The van der Waals surface area contributed by atoms with Crippen LogP contribution in [0.5, 0.6) is 0 Å². The van der Waals surface area contributed by atoms with Crippen molar-refractivity contribution in [1.29, 1.82) is 0 Å². The summed E-state index contributed by atoms with van der Waals surface area (Å²) in [6, 6.07) is 108. The third-order valence-corrected chi connectivity index (χ3v) is 30.1. The highest BCUT2D eigenvalue weighted by atomic mass is 15.3. The molecule has 0 unspecified atom stereocenters. The van der Waals surface area contributed by atoms with E-state index in [0.29, 0.717) is 22.9 Å². The second kappa shape index (κ2) is 50.7. The van der Waals surface area contributed by atoms with Gasteiger partial charge in [0.1, 0.15) is 25.7 Å². The van der Waals surface area contributed by atoms with Crippen LogP contribution >= 0.6 is 0 Å². The lowest BCUT2D eigenvalue weighted by Gasteiger charge is -2.35. The Labute approximate surface area is 892 Å². The van der Waals surface area contributed by atoms with Crippen LogP contribution < -0.4 is 18.3 Å². The molecule has 11 aromatic carbocycles. The molecule has 149 heavy (non-hydrogen) atoms. The van der Waals surface area contributed by atoms with Gasteiger partial charge in [0.25, 0.3) is 0 Å². The summed E-state index contributed by atoms with van der Waals surface area (Å²) < 4.78 is 10.1. The molecule has 0 N–H and O–H groups in total. The van der Waals surface area contributed by atoms with E-state index >= 15 is 0 Å². The molecular weight excluding hydrogens is 1800 g/mol. The molecule has 0 fully saturated rings. The van der Waals surface area contributed by atoms with Crippen LogP contribution in [-0.2, 0) is 43.4 Å². The SMILES string of the molecule is C=C(C)CC.C=C(CC)CCCC(=C)CC.C=C(CC)c1ccc(-c2nc(-c3ccc(C(=C)CC)cc3)nc(-c3ccc(C(=C)CC)cc3)n2)cc1.C=C(CC)c1ccccc1.CC1=CC2(C=C(C)C=C(C)C2)CC(C)=C1.CCC(C)(C)C.CCc1ccccc1.c1cc2c3c(c1)ccc1ccc[n+](c13)C1(C2)Cc2cccc3ccc4ccc[n+]1c4c23.c1ccc2c(c1)CC1(Cc3ccccc3-c3cccc[n+]31)[n+]1ccccc1-2. The van der Waals surface area contributed by atoms with E-state index < -0.39 is 0 Å². The zero-order valence-corrected chi connectivity index (χ0v) is 92.3. The van der Waals surface area contributed by atoms with E-state index in [0.717, 1.165) is 127 Å². The largest absolute Gasteiger partial charge is 0.370 e. The van der Waals surface area contributed by atoms with Gasteiger partial charge < -0.3 is 0 Å². The summed E-state index contributed by atoms with van der Waals surface area (Å²) in [5, 5.41) is 8.12. The van der Waals surface area contributed by atoms with E-state index in [2.05, 4.69) is 503 Å². The lowest BCUT2D eigenvalue weighted by molar-refractivity contribution is -0.988. The fourth-order valence-electron chi connectivity index (χ4n) is 21.1. The van der Waals surface area contributed by atoms with Gasteiger partial charge in [-0.25, -0.2) is 15.0 Å². The number of aryl methyl sites for hydroxylation is 1. The normalized spacial score (nSPS) is 13.7. The molecule has 16 aromatic rings. The minimum absolute atomic E-state index is 0.157. The van der Waals surface area contributed by atoms with E-state index in [1.165, 1.54) is 182 Å². The molecule has 0 saturated carbocycles. The van der Waals surface area contributed by atoms with E-state index in [-0.39, 0.29) is 16.7 Å². The molecule has 0 atom stereocenters.